The Morgan fingerprint density at radius 3 is 2.21 bits per heavy atom. The van der Waals surface area contributed by atoms with Gasteiger partial charge in [0.25, 0.3) is 5.69 Å². The second-order valence-electron chi connectivity index (χ2n) is 7.23. The lowest BCUT2D eigenvalue weighted by atomic mass is 9.81. The quantitative estimate of drug-likeness (QED) is 0.312. The van der Waals surface area contributed by atoms with Gasteiger partial charge in [0, 0.05) is 17.2 Å². The first-order valence-electron chi connectivity index (χ1n) is 9.40. The molecule has 1 saturated carbocycles. The van der Waals surface area contributed by atoms with Crippen LogP contribution in [0.2, 0.25) is 0 Å². The van der Waals surface area contributed by atoms with E-state index >= 15 is 0 Å². The van der Waals surface area contributed by atoms with Gasteiger partial charge >= 0.3 is 5.97 Å². The predicted octanol–water partition coefficient (Wildman–Crippen LogP) is 3.44. The van der Waals surface area contributed by atoms with E-state index in [0.717, 1.165) is 25.3 Å². The largest absolute Gasteiger partial charge is 0.459 e. The molecule has 148 valence electrons. The van der Waals surface area contributed by atoms with Crippen molar-refractivity contribution in [2.24, 2.45) is 0 Å². The van der Waals surface area contributed by atoms with Gasteiger partial charge < -0.3 is 10.5 Å². The first-order chi connectivity index (χ1) is 13.9. The summed E-state index contributed by atoms with van der Waals surface area (Å²) in [6, 6.07) is 6.99. The first kappa shape index (κ1) is 18.8. The number of carbonyl (C=O) groups is 3. The highest BCUT2D eigenvalue weighted by Gasteiger charge is 2.39. The van der Waals surface area contributed by atoms with Crippen LogP contribution in [0.5, 0.6) is 0 Å². The van der Waals surface area contributed by atoms with E-state index in [0.29, 0.717) is 12.8 Å². The molecular weight excluding hydrogens is 376 g/mol. The van der Waals surface area contributed by atoms with Gasteiger partial charge in [0.15, 0.2) is 5.78 Å². The average Bonchev–Trinajstić information content (AvgIpc) is 2.72. The maximum Gasteiger partial charge on any atom is 0.340 e. The minimum atomic E-state index is -0.820. The number of ether oxygens (including phenoxy) is 1. The molecule has 0 spiro atoms. The van der Waals surface area contributed by atoms with E-state index in [4.69, 9.17) is 10.5 Å². The number of esters is 1. The summed E-state index contributed by atoms with van der Waals surface area (Å²) in [5, 5.41) is 11.7. The zero-order chi connectivity index (χ0) is 20.7. The Morgan fingerprint density at radius 1 is 1.03 bits per heavy atom. The van der Waals surface area contributed by atoms with Gasteiger partial charge in [-0.15, -0.1) is 0 Å². The standard InChI is InChI=1S/C21H18N2O6/c22-18-14(21(26)29-11-6-2-1-3-7-11)10-15(23(27)28)16-17(18)20(25)13-9-5-4-8-12(13)19(16)24/h4-5,8-11H,1-3,6-7,22H2. The lowest BCUT2D eigenvalue weighted by Crippen LogP contribution is -2.26. The molecule has 4 rings (SSSR count). The Labute approximate surface area is 165 Å². The minimum absolute atomic E-state index is 0.0741. The van der Waals surface area contributed by atoms with Crippen molar-refractivity contribution in [2.75, 3.05) is 5.73 Å². The molecule has 0 saturated heterocycles. The third-order valence-electron chi connectivity index (χ3n) is 5.46. The number of nitrogens with zero attached hydrogens (tertiary/aromatic N) is 1. The van der Waals surface area contributed by atoms with E-state index in [1.807, 2.05) is 0 Å². The number of carbonyl (C=O) groups excluding carboxylic acids is 3. The number of nitrogens with two attached hydrogens (primary N) is 1. The Balaban J connectivity index is 1.85. The Hall–Kier alpha value is -3.55. The van der Waals surface area contributed by atoms with Crippen LogP contribution in [0.1, 0.15) is 74.3 Å². The van der Waals surface area contributed by atoms with E-state index in [1.54, 1.807) is 12.1 Å². The number of hydrogen-bond acceptors (Lipinski definition) is 7. The Morgan fingerprint density at radius 2 is 1.62 bits per heavy atom. The summed E-state index contributed by atoms with van der Waals surface area (Å²) in [6.45, 7) is 0. The van der Waals surface area contributed by atoms with Gasteiger partial charge in [0.05, 0.1) is 21.7 Å². The van der Waals surface area contributed by atoms with Crippen LogP contribution in [0.15, 0.2) is 30.3 Å². The molecule has 0 heterocycles. The topological polar surface area (TPSA) is 130 Å². The zero-order valence-electron chi connectivity index (χ0n) is 15.5. The van der Waals surface area contributed by atoms with Crippen LogP contribution in [0.4, 0.5) is 11.4 Å². The molecule has 0 aromatic heterocycles. The van der Waals surface area contributed by atoms with E-state index in [-0.39, 0.29) is 39.6 Å². The zero-order valence-corrected chi connectivity index (χ0v) is 15.5. The minimum Gasteiger partial charge on any atom is -0.459 e. The second kappa shape index (κ2) is 7.12. The highest BCUT2D eigenvalue weighted by Crippen LogP contribution is 2.39. The van der Waals surface area contributed by atoms with Crippen molar-refractivity contribution >= 4 is 28.9 Å². The monoisotopic (exact) mass is 394 g/mol. The second-order valence-corrected chi connectivity index (χ2v) is 7.23. The van der Waals surface area contributed by atoms with Crippen molar-refractivity contribution in [3.63, 3.8) is 0 Å². The molecule has 2 aliphatic rings. The van der Waals surface area contributed by atoms with Gasteiger partial charge in [-0.2, -0.15) is 0 Å². The SMILES string of the molecule is Nc1c(C(=O)OC2CCCCC2)cc([N+](=O)[O-])c2c1C(=O)c1ccccc1C2=O. The molecule has 0 amide bonds. The summed E-state index contributed by atoms with van der Waals surface area (Å²) in [7, 11) is 0. The van der Waals surface area contributed by atoms with Gasteiger partial charge in [-0.1, -0.05) is 30.7 Å². The fourth-order valence-electron chi connectivity index (χ4n) is 4.01. The van der Waals surface area contributed by atoms with Crippen LogP contribution in [-0.4, -0.2) is 28.6 Å². The van der Waals surface area contributed by atoms with E-state index < -0.39 is 28.1 Å². The third kappa shape index (κ3) is 3.06. The molecule has 2 N–H and O–H groups in total. The van der Waals surface area contributed by atoms with E-state index in [9.17, 15) is 24.5 Å². The number of nitrogen functional groups attached to an aromatic ring is 1. The molecule has 0 bridgehead atoms. The van der Waals surface area contributed by atoms with Crippen LogP contribution in [0.3, 0.4) is 0 Å². The number of anilines is 1. The van der Waals surface area contributed by atoms with Crippen molar-refractivity contribution in [2.45, 2.75) is 38.2 Å². The van der Waals surface area contributed by atoms with Gasteiger partial charge in [0.2, 0.25) is 5.78 Å². The number of nitro groups is 1. The molecule has 0 atom stereocenters. The van der Waals surface area contributed by atoms with Crippen molar-refractivity contribution in [3.05, 3.63) is 68.3 Å². The van der Waals surface area contributed by atoms with Crippen molar-refractivity contribution in [3.8, 4) is 0 Å². The number of hydrogen-bond donors (Lipinski definition) is 1. The number of rotatable bonds is 3. The lowest BCUT2D eigenvalue weighted by Gasteiger charge is -2.23. The number of benzene rings is 2. The van der Waals surface area contributed by atoms with Crippen LogP contribution >= 0.6 is 0 Å². The summed E-state index contributed by atoms with van der Waals surface area (Å²) in [6.07, 6.45) is 4.07. The maximum absolute atomic E-state index is 13.0. The smallest absolute Gasteiger partial charge is 0.340 e. The lowest BCUT2D eigenvalue weighted by molar-refractivity contribution is -0.385. The Kier molecular flexibility index (Phi) is 4.62. The van der Waals surface area contributed by atoms with Crippen LogP contribution < -0.4 is 5.73 Å². The molecule has 1 fully saturated rings. The molecule has 2 aliphatic carbocycles. The maximum atomic E-state index is 13.0. The summed E-state index contributed by atoms with van der Waals surface area (Å²) >= 11 is 0. The van der Waals surface area contributed by atoms with Gasteiger partial charge in [-0.3, -0.25) is 19.7 Å². The molecule has 2 aromatic rings. The molecule has 8 nitrogen and oxygen atoms in total. The van der Waals surface area contributed by atoms with Gasteiger partial charge in [-0.05, 0) is 25.7 Å². The number of nitro benzene ring substituents is 1. The predicted molar refractivity (Wildman–Crippen MR) is 103 cm³/mol. The molecule has 8 heteroatoms. The van der Waals surface area contributed by atoms with Crippen molar-refractivity contribution in [1.29, 1.82) is 0 Å². The summed E-state index contributed by atoms with van der Waals surface area (Å²) in [5.74, 6) is -2.11. The third-order valence-corrected chi connectivity index (χ3v) is 5.46. The van der Waals surface area contributed by atoms with Crippen LogP contribution in [0, 0.1) is 10.1 Å². The number of fused-ring (bicyclic) bond motifs is 2. The average molecular weight is 394 g/mol. The van der Waals surface area contributed by atoms with Crippen molar-refractivity contribution < 1.29 is 24.0 Å². The highest BCUT2D eigenvalue weighted by molar-refractivity contribution is 6.32. The fourth-order valence-corrected chi connectivity index (χ4v) is 4.01. The van der Waals surface area contributed by atoms with Gasteiger partial charge in [-0.25, -0.2) is 4.79 Å². The van der Waals surface area contributed by atoms with Crippen LogP contribution in [0.25, 0.3) is 0 Å². The summed E-state index contributed by atoms with van der Waals surface area (Å²) in [5.41, 5.74) is 4.42. The fraction of sp³-hybridized carbons (Fsp3) is 0.286. The summed E-state index contributed by atoms with van der Waals surface area (Å²) in [4.78, 5) is 49.5. The molecular formula is C21H18N2O6. The molecule has 0 aliphatic heterocycles. The molecule has 0 unspecified atom stereocenters. The van der Waals surface area contributed by atoms with E-state index in [2.05, 4.69) is 0 Å². The normalized spacial score (nSPS) is 16.1. The first-order valence-corrected chi connectivity index (χ1v) is 9.40. The van der Waals surface area contributed by atoms with Gasteiger partial charge in [0.1, 0.15) is 11.7 Å². The van der Waals surface area contributed by atoms with Crippen molar-refractivity contribution in [1.82, 2.24) is 0 Å². The van der Waals surface area contributed by atoms with Crippen LogP contribution in [-0.2, 0) is 4.74 Å². The number of ketones is 2. The molecule has 2 aromatic carbocycles. The van der Waals surface area contributed by atoms with E-state index in [1.165, 1.54) is 12.1 Å². The Bertz CT molecular complexity index is 1070. The molecule has 0 radical (unpaired) electrons. The molecule has 29 heavy (non-hydrogen) atoms. The highest BCUT2D eigenvalue weighted by atomic mass is 16.6. The summed E-state index contributed by atoms with van der Waals surface area (Å²) < 4.78 is 5.48.